The lowest BCUT2D eigenvalue weighted by Crippen LogP contribution is -2.32. The van der Waals surface area contributed by atoms with Crippen molar-refractivity contribution in [3.8, 4) is 0 Å². The summed E-state index contributed by atoms with van der Waals surface area (Å²) in [7, 11) is -3.33. The number of benzene rings is 2. The third kappa shape index (κ3) is 4.87. The van der Waals surface area contributed by atoms with E-state index in [4.69, 9.17) is 0 Å². The van der Waals surface area contributed by atoms with Crippen LogP contribution in [0.1, 0.15) is 22.3 Å². The Labute approximate surface area is 191 Å². The van der Waals surface area contributed by atoms with E-state index in [9.17, 15) is 13.2 Å². The van der Waals surface area contributed by atoms with E-state index in [0.29, 0.717) is 17.2 Å². The highest BCUT2D eigenvalue weighted by molar-refractivity contribution is 7.90. The van der Waals surface area contributed by atoms with E-state index in [1.54, 1.807) is 35.5 Å². The van der Waals surface area contributed by atoms with E-state index >= 15 is 0 Å². The molecule has 0 radical (unpaired) electrons. The van der Waals surface area contributed by atoms with Gasteiger partial charge in [-0.25, -0.2) is 13.4 Å². The Balaban J connectivity index is 1.72. The number of aryl methyl sites for hydroxylation is 2. The van der Waals surface area contributed by atoms with E-state index in [0.717, 1.165) is 27.0 Å². The molecule has 1 amide bonds. The number of carbonyl (C=O) groups excluding carboxylic acids is 1. The molecule has 0 saturated heterocycles. The molecule has 8 heteroatoms. The molecular formula is C24H23N3O3S2. The molecule has 2 aromatic heterocycles. The minimum Gasteiger partial charge on any atom is -0.283 e. The second kappa shape index (κ2) is 8.80. The van der Waals surface area contributed by atoms with Gasteiger partial charge in [0.2, 0.25) is 5.91 Å². The predicted octanol–water partition coefficient (Wildman–Crippen LogP) is 4.49. The SMILES string of the molecule is Cc1ccc(CC(=O)N(Cc2cccnc2)c2nc3ccc(S(C)(=O)=O)cc3s2)c(C)c1. The molecule has 0 atom stereocenters. The summed E-state index contributed by atoms with van der Waals surface area (Å²) < 4.78 is 24.6. The lowest BCUT2D eigenvalue weighted by Gasteiger charge is -2.20. The Bertz CT molecular complexity index is 1400. The highest BCUT2D eigenvalue weighted by Gasteiger charge is 2.22. The molecule has 0 saturated carbocycles. The van der Waals surface area contributed by atoms with Gasteiger partial charge in [0.25, 0.3) is 0 Å². The lowest BCUT2D eigenvalue weighted by atomic mass is 10.0. The van der Waals surface area contributed by atoms with Gasteiger partial charge in [-0.3, -0.25) is 14.7 Å². The molecule has 32 heavy (non-hydrogen) atoms. The van der Waals surface area contributed by atoms with Crippen molar-refractivity contribution in [1.82, 2.24) is 9.97 Å². The van der Waals surface area contributed by atoms with Crippen LogP contribution in [-0.4, -0.2) is 30.5 Å². The van der Waals surface area contributed by atoms with Crippen LogP contribution in [0.4, 0.5) is 5.13 Å². The number of amides is 1. The number of pyridine rings is 1. The first kappa shape index (κ1) is 22.1. The molecule has 0 aliphatic carbocycles. The minimum absolute atomic E-state index is 0.0804. The Morgan fingerprint density at radius 2 is 1.91 bits per heavy atom. The Hall–Kier alpha value is -3.10. The van der Waals surface area contributed by atoms with E-state index in [-0.39, 0.29) is 17.2 Å². The first-order valence-corrected chi connectivity index (χ1v) is 12.8. The number of hydrogen-bond acceptors (Lipinski definition) is 6. The van der Waals surface area contributed by atoms with Gasteiger partial charge < -0.3 is 0 Å². The number of sulfone groups is 1. The largest absolute Gasteiger partial charge is 0.283 e. The number of hydrogen-bond donors (Lipinski definition) is 0. The smallest absolute Gasteiger partial charge is 0.233 e. The molecule has 4 aromatic rings. The van der Waals surface area contributed by atoms with Crippen LogP contribution in [-0.2, 0) is 27.6 Å². The fourth-order valence-corrected chi connectivity index (χ4v) is 5.22. The van der Waals surface area contributed by atoms with Crippen LogP contribution in [0.25, 0.3) is 10.2 Å². The van der Waals surface area contributed by atoms with Gasteiger partial charge in [0.1, 0.15) is 0 Å². The number of thiazole rings is 1. The average molecular weight is 466 g/mol. The van der Waals surface area contributed by atoms with Gasteiger partial charge in [-0.1, -0.05) is 41.2 Å². The van der Waals surface area contributed by atoms with Crippen LogP contribution in [0.5, 0.6) is 0 Å². The van der Waals surface area contributed by atoms with Crippen LogP contribution < -0.4 is 4.90 Å². The summed E-state index contributed by atoms with van der Waals surface area (Å²) in [5.74, 6) is -0.0804. The van der Waals surface area contributed by atoms with Gasteiger partial charge in [-0.2, -0.15) is 0 Å². The van der Waals surface area contributed by atoms with Crippen molar-refractivity contribution >= 4 is 42.4 Å². The molecule has 0 fully saturated rings. The maximum Gasteiger partial charge on any atom is 0.233 e. The number of anilines is 1. The van der Waals surface area contributed by atoms with Gasteiger partial charge in [0.15, 0.2) is 15.0 Å². The number of fused-ring (bicyclic) bond motifs is 1. The third-order valence-corrected chi connectivity index (χ3v) is 7.36. The second-order valence-corrected chi connectivity index (χ2v) is 10.9. The van der Waals surface area contributed by atoms with Crippen LogP contribution in [0, 0.1) is 13.8 Å². The average Bonchev–Trinajstić information content (AvgIpc) is 3.17. The first-order valence-electron chi connectivity index (χ1n) is 10.1. The minimum atomic E-state index is -3.33. The van der Waals surface area contributed by atoms with Crippen LogP contribution >= 0.6 is 11.3 Å². The van der Waals surface area contributed by atoms with Gasteiger partial charge >= 0.3 is 0 Å². The van der Waals surface area contributed by atoms with E-state index in [1.807, 2.05) is 38.1 Å². The van der Waals surface area contributed by atoms with Gasteiger partial charge in [-0.05, 0) is 54.8 Å². The number of nitrogens with zero attached hydrogens (tertiary/aromatic N) is 3. The zero-order valence-electron chi connectivity index (χ0n) is 18.1. The normalized spacial score (nSPS) is 11.6. The Morgan fingerprint density at radius 3 is 2.59 bits per heavy atom. The zero-order chi connectivity index (χ0) is 22.9. The number of carbonyl (C=O) groups is 1. The topological polar surface area (TPSA) is 80.2 Å². The van der Waals surface area contributed by atoms with Crippen molar-refractivity contribution in [3.05, 3.63) is 83.2 Å². The summed E-state index contributed by atoms with van der Waals surface area (Å²) in [6, 6.07) is 14.7. The van der Waals surface area contributed by atoms with Crippen LogP contribution in [0.3, 0.4) is 0 Å². The molecule has 6 nitrogen and oxygen atoms in total. The summed E-state index contributed by atoms with van der Waals surface area (Å²) in [4.78, 5) is 24.1. The first-order chi connectivity index (χ1) is 15.2. The van der Waals surface area contributed by atoms with Crippen molar-refractivity contribution in [2.75, 3.05) is 11.2 Å². The van der Waals surface area contributed by atoms with Crippen molar-refractivity contribution in [3.63, 3.8) is 0 Å². The van der Waals surface area contributed by atoms with Crippen LogP contribution in [0.15, 0.2) is 65.8 Å². The molecule has 0 aliphatic heterocycles. The molecule has 164 valence electrons. The molecule has 0 N–H and O–H groups in total. The van der Waals surface area contributed by atoms with E-state index in [2.05, 4.69) is 16.0 Å². The fraction of sp³-hybridized carbons (Fsp3) is 0.208. The lowest BCUT2D eigenvalue weighted by molar-refractivity contribution is -0.118. The monoisotopic (exact) mass is 465 g/mol. The second-order valence-electron chi connectivity index (χ2n) is 7.85. The molecule has 2 aromatic carbocycles. The number of rotatable bonds is 6. The maximum absolute atomic E-state index is 13.4. The standard InChI is InChI=1S/C24H23N3O3S2/c1-16-6-7-19(17(2)11-16)12-23(28)27(15-18-5-4-10-25-14-18)24-26-21-9-8-20(32(3,29)30)13-22(21)31-24/h4-11,13-14H,12,15H2,1-3H3. The summed E-state index contributed by atoms with van der Waals surface area (Å²) >= 11 is 1.31. The number of aromatic nitrogens is 2. The summed E-state index contributed by atoms with van der Waals surface area (Å²) in [6.45, 7) is 4.36. The van der Waals surface area contributed by atoms with E-state index < -0.39 is 9.84 Å². The van der Waals surface area contributed by atoms with Gasteiger partial charge in [0.05, 0.1) is 28.1 Å². The molecule has 0 spiro atoms. The quantitative estimate of drug-likeness (QED) is 0.419. The van der Waals surface area contributed by atoms with E-state index in [1.165, 1.54) is 17.6 Å². The Kier molecular flexibility index (Phi) is 6.08. The summed E-state index contributed by atoms with van der Waals surface area (Å²) in [5, 5.41) is 0.532. The zero-order valence-corrected chi connectivity index (χ0v) is 19.7. The maximum atomic E-state index is 13.4. The molecule has 0 unspecified atom stereocenters. The molecule has 0 bridgehead atoms. The van der Waals surface area contributed by atoms with Crippen molar-refractivity contribution in [2.24, 2.45) is 0 Å². The highest BCUT2D eigenvalue weighted by Crippen LogP contribution is 2.32. The van der Waals surface area contributed by atoms with Gasteiger partial charge in [0, 0.05) is 18.6 Å². The molecule has 0 aliphatic rings. The van der Waals surface area contributed by atoms with Crippen molar-refractivity contribution in [1.29, 1.82) is 0 Å². The third-order valence-electron chi connectivity index (χ3n) is 5.21. The predicted molar refractivity (Wildman–Crippen MR) is 128 cm³/mol. The van der Waals surface area contributed by atoms with Crippen LogP contribution in [0.2, 0.25) is 0 Å². The molecule has 4 rings (SSSR count). The van der Waals surface area contributed by atoms with Crippen molar-refractivity contribution < 1.29 is 13.2 Å². The Morgan fingerprint density at radius 1 is 1.09 bits per heavy atom. The molecular weight excluding hydrogens is 442 g/mol. The summed E-state index contributed by atoms with van der Waals surface area (Å²) in [6.07, 6.45) is 4.84. The highest BCUT2D eigenvalue weighted by atomic mass is 32.2. The summed E-state index contributed by atoms with van der Waals surface area (Å²) in [5.41, 5.74) is 4.74. The fourth-order valence-electron chi connectivity index (χ4n) is 3.48. The molecule has 2 heterocycles. The van der Waals surface area contributed by atoms with Gasteiger partial charge in [-0.15, -0.1) is 0 Å². The van der Waals surface area contributed by atoms with Crippen molar-refractivity contribution in [2.45, 2.75) is 31.7 Å².